The highest BCUT2D eigenvalue weighted by Crippen LogP contribution is 2.38. The largest absolute Gasteiger partial charge is 0.507 e. The number of aromatic hydroxyl groups is 4. The molecular weight excluding hydrogens is 332 g/mol. The Morgan fingerprint density at radius 2 is 0.923 bits per heavy atom. The van der Waals surface area contributed by atoms with E-state index in [0.717, 1.165) is 0 Å². The maximum absolute atomic E-state index is 9.80. The molecule has 0 saturated heterocycles. The zero-order valence-electron chi connectivity index (χ0n) is 13.6. The van der Waals surface area contributed by atoms with Crippen LogP contribution in [0.15, 0.2) is 70.6 Å². The quantitative estimate of drug-likeness (QED) is 0.422. The van der Waals surface area contributed by atoms with Gasteiger partial charge in [-0.25, -0.2) is 0 Å². The van der Waals surface area contributed by atoms with Crippen LogP contribution in [0.2, 0.25) is 0 Å². The smallest absolute Gasteiger partial charge is 0.159 e. The molecule has 6 nitrogen and oxygen atoms in total. The number of phenolic OH excluding ortho intramolecular Hbond substituents is 4. The zero-order valence-corrected chi connectivity index (χ0v) is 13.6. The van der Waals surface area contributed by atoms with Crippen LogP contribution < -0.4 is 0 Å². The van der Waals surface area contributed by atoms with E-state index >= 15 is 0 Å². The first-order chi connectivity index (χ1) is 12.5. The summed E-state index contributed by atoms with van der Waals surface area (Å²) in [5.41, 5.74) is 1.57. The monoisotopic (exact) mass is 348 g/mol. The molecule has 3 aromatic rings. The Bertz CT molecular complexity index is 916. The third-order valence-electron chi connectivity index (χ3n) is 3.63. The Kier molecular flexibility index (Phi) is 4.85. The SMILES string of the molecule is Oc1cc(N=Cc2ccccc2O)c(N=Cc2ccccc2O)cc1O. The Morgan fingerprint density at radius 3 is 1.31 bits per heavy atom. The summed E-state index contributed by atoms with van der Waals surface area (Å²) < 4.78 is 0. The van der Waals surface area contributed by atoms with Gasteiger partial charge in [0, 0.05) is 35.7 Å². The number of aliphatic imine (C=N–C) groups is 2. The Labute approximate surface area is 149 Å². The van der Waals surface area contributed by atoms with E-state index in [4.69, 9.17) is 0 Å². The number of para-hydroxylation sites is 2. The first-order valence-corrected chi connectivity index (χ1v) is 7.74. The molecule has 6 heteroatoms. The molecule has 0 spiro atoms. The molecule has 0 fully saturated rings. The van der Waals surface area contributed by atoms with Crippen LogP contribution in [0.3, 0.4) is 0 Å². The second-order valence-corrected chi connectivity index (χ2v) is 5.46. The van der Waals surface area contributed by atoms with Crippen molar-refractivity contribution in [2.75, 3.05) is 0 Å². The fourth-order valence-corrected chi connectivity index (χ4v) is 2.23. The van der Waals surface area contributed by atoms with Crippen molar-refractivity contribution in [3.8, 4) is 23.0 Å². The average Bonchev–Trinajstić information content (AvgIpc) is 2.63. The Hall–Kier alpha value is -3.80. The van der Waals surface area contributed by atoms with Gasteiger partial charge in [0.25, 0.3) is 0 Å². The van der Waals surface area contributed by atoms with Crippen molar-refractivity contribution in [3.05, 3.63) is 71.8 Å². The van der Waals surface area contributed by atoms with Gasteiger partial charge in [-0.05, 0) is 24.3 Å². The normalized spacial score (nSPS) is 11.4. The van der Waals surface area contributed by atoms with Gasteiger partial charge in [-0.2, -0.15) is 0 Å². The van der Waals surface area contributed by atoms with Crippen molar-refractivity contribution < 1.29 is 20.4 Å². The van der Waals surface area contributed by atoms with Gasteiger partial charge in [-0.3, -0.25) is 9.98 Å². The summed E-state index contributed by atoms with van der Waals surface area (Å²) in [6.45, 7) is 0. The van der Waals surface area contributed by atoms with Crippen LogP contribution in [-0.4, -0.2) is 32.9 Å². The molecule has 130 valence electrons. The molecule has 3 rings (SSSR count). The summed E-state index contributed by atoms with van der Waals surface area (Å²) in [4.78, 5) is 8.48. The number of hydrogen-bond acceptors (Lipinski definition) is 6. The minimum absolute atomic E-state index is 0.0681. The third kappa shape index (κ3) is 3.81. The topological polar surface area (TPSA) is 106 Å². The van der Waals surface area contributed by atoms with Crippen LogP contribution in [0.4, 0.5) is 11.4 Å². The minimum Gasteiger partial charge on any atom is -0.507 e. The fraction of sp³-hybridized carbons (Fsp3) is 0. The first kappa shape index (κ1) is 17.0. The molecule has 0 unspecified atom stereocenters. The lowest BCUT2D eigenvalue weighted by atomic mass is 10.2. The number of phenols is 4. The van der Waals surface area contributed by atoms with Crippen molar-refractivity contribution in [2.24, 2.45) is 9.98 Å². The molecule has 0 radical (unpaired) electrons. The molecule has 0 saturated carbocycles. The Balaban J connectivity index is 1.99. The van der Waals surface area contributed by atoms with Gasteiger partial charge in [0.15, 0.2) is 11.5 Å². The van der Waals surface area contributed by atoms with Crippen LogP contribution in [0.1, 0.15) is 11.1 Å². The van der Waals surface area contributed by atoms with E-state index in [1.807, 2.05) is 0 Å². The number of hydrogen-bond donors (Lipinski definition) is 4. The van der Waals surface area contributed by atoms with Crippen LogP contribution >= 0.6 is 0 Å². The second-order valence-electron chi connectivity index (χ2n) is 5.46. The van der Waals surface area contributed by atoms with E-state index in [2.05, 4.69) is 9.98 Å². The van der Waals surface area contributed by atoms with Gasteiger partial charge in [0.1, 0.15) is 11.5 Å². The summed E-state index contributed by atoms with van der Waals surface area (Å²) in [5, 5.41) is 39.1. The first-order valence-electron chi connectivity index (χ1n) is 7.74. The summed E-state index contributed by atoms with van der Waals surface area (Å²) in [6.07, 6.45) is 2.86. The molecule has 26 heavy (non-hydrogen) atoms. The predicted octanol–water partition coefficient (Wildman–Crippen LogP) is 4.01. The van der Waals surface area contributed by atoms with Crippen LogP contribution in [-0.2, 0) is 0 Å². The van der Waals surface area contributed by atoms with E-state index in [0.29, 0.717) is 11.1 Å². The molecule has 3 aromatic carbocycles. The number of benzene rings is 3. The zero-order chi connectivity index (χ0) is 18.5. The van der Waals surface area contributed by atoms with E-state index in [1.165, 1.54) is 36.7 Å². The van der Waals surface area contributed by atoms with Crippen LogP contribution in [0.5, 0.6) is 23.0 Å². The van der Waals surface area contributed by atoms with Crippen molar-refractivity contribution in [3.63, 3.8) is 0 Å². The second kappa shape index (κ2) is 7.40. The summed E-state index contributed by atoms with van der Waals surface area (Å²) in [5.74, 6) is -0.538. The van der Waals surface area contributed by atoms with Gasteiger partial charge in [0.2, 0.25) is 0 Å². The predicted molar refractivity (Wildman–Crippen MR) is 100 cm³/mol. The minimum atomic E-state index is -0.337. The molecule has 0 aromatic heterocycles. The van der Waals surface area contributed by atoms with E-state index in [9.17, 15) is 20.4 Å². The molecule has 0 aliphatic rings. The summed E-state index contributed by atoms with van der Waals surface area (Å²) >= 11 is 0. The van der Waals surface area contributed by atoms with Crippen molar-refractivity contribution in [1.29, 1.82) is 0 Å². The molecule has 0 bridgehead atoms. The Morgan fingerprint density at radius 1 is 0.538 bits per heavy atom. The average molecular weight is 348 g/mol. The molecule has 0 amide bonds. The van der Waals surface area contributed by atoms with Gasteiger partial charge in [-0.1, -0.05) is 24.3 Å². The van der Waals surface area contributed by atoms with Crippen molar-refractivity contribution in [2.45, 2.75) is 0 Å². The van der Waals surface area contributed by atoms with Crippen molar-refractivity contribution >= 4 is 23.8 Å². The van der Waals surface area contributed by atoms with E-state index in [-0.39, 0.29) is 34.4 Å². The molecule has 4 N–H and O–H groups in total. The van der Waals surface area contributed by atoms with Crippen LogP contribution in [0.25, 0.3) is 0 Å². The van der Waals surface area contributed by atoms with Crippen LogP contribution in [0, 0.1) is 0 Å². The number of rotatable bonds is 4. The van der Waals surface area contributed by atoms with Crippen molar-refractivity contribution in [1.82, 2.24) is 0 Å². The lowest BCUT2D eigenvalue weighted by molar-refractivity contribution is 0.404. The van der Waals surface area contributed by atoms with E-state index in [1.54, 1.807) is 36.4 Å². The molecule has 0 heterocycles. The number of nitrogens with zero attached hydrogens (tertiary/aromatic N) is 2. The maximum Gasteiger partial charge on any atom is 0.159 e. The fourth-order valence-electron chi connectivity index (χ4n) is 2.23. The highest BCUT2D eigenvalue weighted by Gasteiger charge is 2.08. The van der Waals surface area contributed by atoms with Gasteiger partial charge >= 0.3 is 0 Å². The maximum atomic E-state index is 9.80. The molecule has 0 aliphatic carbocycles. The molecular formula is C20H16N2O4. The molecule has 0 atom stereocenters. The highest BCUT2D eigenvalue weighted by molar-refractivity contribution is 5.90. The lowest BCUT2D eigenvalue weighted by Gasteiger charge is -2.05. The third-order valence-corrected chi connectivity index (χ3v) is 3.63. The lowest BCUT2D eigenvalue weighted by Crippen LogP contribution is -1.83. The highest BCUT2D eigenvalue weighted by atomic mass is 16.3. The van der Waals surface area contributed by atoms with Gasteiger partial charge < -0.3 is 20.4 Å². The van der Waals surface area contributed by atoms with Gasteiger partial charge in [0.05, 0.1) is 11.4 Å². The molecule has 0 aliphatic heterocycles. The summed E-state index contributed by atoms with van der Waals surface area (Å²) in [6, 6.07) is 15.9. The van der Waals surface area contributed by atoms with Gasteiger partial charge in [-0.15, -0.1) is 0 Å². The standard InChI is InChI=1S/C20H16N2O4/c23-17-7-3-1-5-13(17)11-21-15-9-19(25)20(26)10-16(15)22-12-14-6-2-4-8-18(14)24/h1-12,23-26H. The van der Waals surface area contributed by atoms with E-state index < -0.39 is 0 Å². The summed E-state index contributed by atoms with van der Waals surface area (Å²) in [7, 11) is 0.